The highest BCUT2D eigenvalue weighted by Gasteiger charge is 2.28. The van der Waals surface area contributed by atoms with Gasteiger partial charge >= 0.3 is 0 Å². The fraction of sp³-hybridized carbons (Fsp3) is 0.462. The fourth-order valence-corrected chi connectivity index (χ4v) is 2.44. The van der Waals surface area contributed by atoms with Crippen molar-refractivity contribution < 1.29 is 4.39 Å². The van der Waals surface area contributed by atoms with Crippen LogP contribution in [0.1, 0.15) is 30.3 Å². The average Bonchev–Trinajstić information content (AvgIpc) is 3.05. The molecule has 0 bridgehead atoms. The summed E-state index contributed by atoms with van der Waals surface area (Å²) in [7, 11) is 0. The average molecular weight is 253 g/mol. The standard InChI is InChI=1S/C13H14ClFN2/c1-8-6-12-11(7-10(8)15)16-13(4-5-14)17(12)9-2-3-9/h6-7,9H,2-5H2,1H3. The van der Waals surface area contributed by atoms with Crippen molar-refractivity contribution in [1.29, 1.82) is 0 Å². The van der Waals surface area contributed by atoms with Gasteiger partial charge < -0.3 is 4.57 Å². The van der Waals surface area contributed by atoms with Crippen molar-refractivity contribution in [3.8, 4) is 0 Å². The molecule has 1 saturated carbocycles. The number of benzene rings is 1. The van der Waals surface area contributed by atoms with Crippen LogP contribution in [0.5, 0.6) is 0 Å². The van der Waals surface area contributed by atoms with Crippen molar-refractivity contribution in [3.05, 3.63) is 29.3 Å². The molecule has 0 N–H and O–H groups in total. The number of alkyl halides is 1. The number of aryl methyl sites for hydroxylation is 2. The number of imidazole rings is 1. The number of hydrogen-bond donors (Lipinski definition) is 0. The highest BCUT2D eigenvalue weighted by Crippen LogP contribution is 2.39. The maximum Gasteiger partial charge on any atom is 0.128 e. The second-order valence-electron chi connectivity index (χ2n) is 4.66. The van der Waals surface area contributed by atoms with Crippen molar-refractivity contribution in [1.82, 2.24) is 9.55 Å². The van der Waals surface area contributed by atoms with Crippen LogP contribution in [0.4, 0.5) is 4.39 Å². The molecule has 0 unspecified atom stereocenters. The van der Waals surface area contributed by atoms with Gasteiger partial charge in [-0.05, 0) is 31.4 Å². The zero-order valence-electron chi connectivity index (χ0n) is 9.71. The molecule has 0 aliphatic heterocycles. The smallest absolute Gasteiger partial charge is 0.128 e. The first-order chi connectivity index (χ1) is 8.20. The minimum Gasteiger partial charge on any atom is -0.325 e. The molecule has 1 aliphatic rings. The van der Waals surface area contributed by atoms with E-state index in [0.29, 0.717) is 17.5 Å². The number of aromatic nitrogens is 2. The monoisotopic (exact) mass is 252 g/mol. The van der Waals surface area contributed by atoms with Crippen LogP contribution in [0.25, 0.3) is 11.0 Å². The topological polar surface area (TPSA) is 17.8 Å². The summed E-state index contributed by atoms with van der Waals surface area (Å²) in [6.45, 7) is 1.79. The number of nitrogens with zero attached hydrogens (tertiary/aromatic N) is 2. The molecule has 1 aromatic carbocycles. The van der Waals surface area contributed by atoms with Crippen molar-refractivity contribution in [2.45, 2.75) is 32.2 Å². The first-order valence-electron chi connectivity index (χ1n) is 5.93. The van der Waals surface area contributed by atoms with Crippen LogP contribution in [0.3, 0.4) is 0 Å². The predicted molar refractivity (Wildman–Crippen MR) is 67.1 cm³/mol. The summed E-state index contributed by atoms with van der Waals surface area (Å²) < 4.78 is 15.8. The molecule has 0 atom stereocenters. The lowest BCUT2D eigenvalue weighted by Gasteiger charge is -2.06. The van der Waals surface area contributed by atoms with E-state index in [9.17, 15) is 4.39 Å². The maximum atomic E-state index is 13.5. The minimum absolute atomic E-state index is 0.185. The zero-order valence-corrected chi connectivity index (χ0v) is 10.5. The van der Waals surface area contributed by atoms with Crippen LogP contribution in [0.2, 0.25) is 0 Å². The molecule has 0 amide bonds. The molecule has 2 aromatic rings. The lowest BCUT2D eigenvalue weighted by molar-refractivity contribution is 0.620. The van der Waals surface area contributed by atoms with E-state index in [1.165, 1.54) is 18.9 Å². The summed E-state index contributed by atoms with van der Waals surface area (Å²) in [5.41, 5.74) is 2.48. The van der Waals surface area contributed by atoms with Crippen molar-refractivity contribution in [3.63, 3.8) is 0 Å². The van der Waals surface area contributed by atoms with Gasteiger partial charge in [-0.15, -0.1) is 11.6 Å². The predicted octanol–water partition coefficient (Wildman–Crippen LogP) is 3.60. The molecule has 90 valence electrons. The van der Waals surface area contributed by atoms with E-state index in [2.05, 4.69) is 9.55 Å². The maximum absolute atomic E-state index is 13.5. The molecular formula is C13H14ClFN2. The van der Waals surface area contributed by atoms with Crippen LogP contribution in [-0.4, -0.2) is 15.4 Å². The van der Waals surface area contributed by atoms with E-state index in [4.69, 9.17) is 11.6 Å². The third kappa shape index (κ3) is 1.82. The Balaban J connectivity index is 2.23. The van der Waals surface area contributed by atoms with E-state index < -0.39 is 0 Å². The van der Waals surface area contributed by atoms with Gasteiger partial charge in [0.1, 0.15) is 11.6 Å². The molecule has 2 nitrogen and oxygen atoms in total. The molecule has 1 aromatic heterocycles. The molecule has 1 aliphatic carbocycles. The van der Waals surface area contributed by atoms with Gasteiger partial charge in [-0.3, -0.25) is 0 Å². The van der Waals surface area contributed by atoms with Gasteiger partial charge in [0.15, 0.2) is 0 Å². The van der Waals surface area contributed by atoms with E-state index in [-0.39, 0.29) is 5.82 Å². The molecular weight excluding hydrogens is 239 g/mol. The quantitative estimate of drug-likeness (QED) is 0.764. The Morgan fingerprint density at radius 3 is 2.88 bits per heavy atom. The molecule has 0 saturated heterocycles. The van der Waals surface area contributed by atoms with Crippen LogP contribution >= 0.6 is 11.6 Å². The molecule has 3 rings (SSSR count). The Bertz CT molecular complexity index is 572. The Morgan fingerprint density at radius 1 is 1.47 bits per heavy atom. The Hall–Kier alpha value is -1.09. The van der Waals surface area contributed by atoms with Crippen LogP contribution in [-0.2, 0) is 6.42 Å². The molecule has 4 heteroatoms. The fourth-order valence-electron chi connectivity index (χ4n) is 2.27. The van der Waals surface area contributed by atoms with Crippen molar-refractivity contribution in [2.75, 3.05) is 5.88 Å². The Labute approximate surface area is 104 Å². The third-order valence-corrected chi connectivity index (χ3v) is 3.46. The van der Waals surface area contributed by atoms with Crippen LogP contribution in [0.15, 0.2) is 12.1 Å². The van der Waals surface area contributed by atoms with Crippen LogP contribution in [0, 0.1) is 12.7 Å². The summed E-state index contributed by atoms with van der Waals surface area (Å²) in [5, 5.41) is 0. The van der Waals surface area contributed by atoms with Gasteiger partial charge in [-0.2, -0.15) is 0 Å². The number of hydrogen-bond acceptors (Lipinski definition) is 1. The summed E-state index contributed by atoms with van der Waals surface area (Å²) in [6, 6.07) is 3.97. The van der Waals surface area contributed by atoms with Crippen LogP contribution < -0.4 is 0 Å². The van der Waals surface area contributed by atoms with Gasteiger partial charge in [0.2, 0.25) is 0 Å². The number of rotatable bonds is 3. The Kier molecular flexibility index (Phi) is 2.58. The zero-order chi connectivity index (χ0) is 12.0. The summed E-state index contributed by atoms with van der Waals surface area (Å²) in [4.78, 5) is 4.50. The number of fused-ring (bicyclic) bond motifs is 1. The summed E-state index contributed by atoms with van der Waals surface area (Å²) in [5.74, 6) is 1.36. The summed E-state index contributed by atoms with van der Waals surface area (Å²) >= 11 is 5.80. The SMILES string of the molecule is Cc1cc2c(cc1F)nc(CCCl)n2C1CC1. The highest BCUT2D eigenvalue weighted by atomic mass is 35.5. The van der Waals surface area contributed by atoms with Crippen molar-refractivity contribution in [2.24, 2.45) is 0 Å². The highest BCUT2D eigenvalue weighted by molar-refractivity contribution is 6.17. The van der Waals surface area contributed by atoms with E-state index >= 15 is 0 Å². The van der Waals surface area contributed by atoms with Gasteiger partial charge in [0.05, 0.1) is 11.0 Å². The summed E-state index contributed by atoms with van der Waals surface area (Å²) in [6.07, 6.45) is 3.13. The largest absolute Gasteiger partial charge is 0.325 e. The second-order valence-corrected chi connectivity index (χ2v) is 5.04. The van der Waals surface area contributed by atoms with E-state index in [1.807, 2.05) is 6.07 Å². The van der Waals surface area contributed by atoms with E-state index in [0.717, 1.165) is 23.3 Å². The van der Waals surface area contributed by atoms with E-state index in [1.54, 1.807) is 6.92 Å². The van der Waals surface area contributed by atoms with Gasteiger partial charge in [-0.25, -0.2) is 9.37 Å². The molecule has 17 heavy (non-hydrogen) atoms. The third-order valence-electron chi connectivity index (χ3n) is 3.27. The molecule has 1 fully saturated rings. The first kappa shape index (κ1) is 11.0. The second kappa shape index (κ2) is 3.98. The minimum atomic E-state index is -0.185. The van der Waals surface area contributed by atoms with Gasteiger partial charge in [0, 0.05) is 24.4 Å². The Morgan fingerprint density at radius 2 is 2.24 bits per heavy atom. The number of halogens is 2. The lowest BCUT2D eigenvalue weighted by Crippen LogP contribution is -2.02. The van der Waals surface area contributed by atoms with Gasteiger partial charge in [-0.1, -0.05) is 0 Å². The molecule has 0 radical (unpaired) electrons. The first-order valence-corrected chi connectivity index (χ1v) is 6.47. The molecule has 1 heterocycles. The van der Waals surface area contributed by atoms with Gasteiger partial charge in [0.25, 0.3) is 0 Å². The molecule has 0 spiro atoms. The lowest BCUT2D eigenvalue weighted by atomic mass is 10.2. The normalized spacial score (nSPS) is 15.7. The van der Waals surface area contributed by atoms with Crippen molar-refractivity contribution >= 4 is 22.6 Å².